The van der Waals surface area contributed by atoms with E-state index in [1.54, 1.807) is 6.07 Å². The second kappa shape index (κ2) is 5.86. The highest BCUT2D eigenvalue weighted by molar-refractivity contribution is 5.41. The number of hydrogen-bond acceptors (Lipinski definition) is 2. The minimum atomic E-state index is -0.339. The van der Waals surface area contributed by atoms with Gasteiger partial charge in [0, 0.05) is 6.04 Å². The van der Waals surface area contributed by atoms with Gasteiger partial charge in [0.15, 0.2) is 11.6 Å². The Morgan fingerprint density at radius 1 is 1.14 bits per heavy atom. The van der Waals surface area contributed by atoms with Crippen molar-refractivity contribution in [2.24, 2.45) is 5.73 Å². The molecule has 1 aliphatic rings. The van der Waals surface area contributed by atoms with Crippen LogP contribution in [0.4, 0.5) is 4.39 Å². The predicted molar refractivity (Wildman–Crippen MR) is 82.3 cm³/mol. The van der Waals surface area contributed by atoms with Gasteiger partial charge in [-0.25, -0.2) is 4.39 Å². The highest BCUT2D eigenvalue weighted by Crippen LogP contribution is 2.30. The topological polar surface area (TPSA) is 35.2 Å². The molecule has 1 unspecified atom stereocenters. The van der Waals surface area contributed by atoms with Gasteiger partial charge in [-0.05, 0) is 73.6 Å². The fraction of sp³-hybridized carbons (Fsp3) is 0.333. The van der Waals surface area contributed by atoms with Gasteiger partial charge in [0.05, 0.1) is 0 Å². The van der Waals surface area contributed by atoms with E-state index >= 15 is 0 Å². The van der Waals surface area contributed by atoms with E-state index in [0.29, 0.717) is 12.2 Å². The molecule has 0 bridgehead atoms. The molecule has 0 aliphatic heterocycles. The van der Waals surface area contributed by atoms with Crippen molar-refractivity contribution < 1.29 is 9.13 Å². The third-order valence-electron chi connectivity index (χ3n) is 3.85. The maximum absolute atomic E-state index is 14.1. The number of benzene rings is 2. The Morgan fingerprint density at radius 3 is 2.71 bits per heavy atom. The van der Waals surface area contributed by atoms with E-state index in [1.165, 1.54) is 23.6 Å². The van der Waals surface area contributed by atoms with Crippen LogP contribution in [-0.2, 0) is 19.3 Å². The van der Waals surface area contributed by atoms with Crippen LogP contribution in [-0.4, -0.2) is 6.04 Å². The third-order valence-corrected chi connectivity index (χ3v) is 3.85. The molecule has 110 valence electrons. The summed E-state index contributed by atoms with van der Waals surface area (Å²) >= 11 is 0. The van der Waals surface area contributed by atoms with Gasteiger partial charge in [-0.15, -0.1) is 0 Å². The van der Waals surface area contributed by atoms with Crippen molar-refractivity contribution in [3.63, 3.8) is 0 Å². The quantitative estimate of drug-likeness (QED) is 0.921. The molecule has 0 saturated carbocycles. The van der Waals surface area contributed by atoms with Gasteiger partial charge in [-0.1, -0.05) is 12.1 Å². The zero-order valence-electron chi connectivity index (χ0n) is 12.2. The van der Waals surface area contributed by atoms with Crippen molar-refractivity contribution >= 4 is 0 Å². The average Bonchev–Trinajstić information content (AvgIpc) is 2.88. The maximum atomic E-state index is 14.1. The van der Waals surface area contributed by atoms with Gasteiger partial charge >= 0.3 is 0 Å². The van der Waals surface area contributed by atoms with Gasteiger partial charge in [-0.3, -0.25) is 0 Å². The molecule has 2 aromatic carbocycles. The Balaban J connectivity index is 1.78. The molecule has 2 N–H and O–H groups in total. The highest BCUT2D eigenvalue weighted by atomic mass is 19.1. The van der Waals surface area contributed by atoms with Crippen molar-refractivity contribution in [3.05, 3.63) is 58.9 Å². The lowest BCUT2D eigenvalue weighted by Gasteiger charge is -2.11. The van der Waals surface area contributed by atoms with Crippen LogP contribution in [0, 0.1) is 5.82 Å². The summed E-state index contributed by atoms with van der Waals surface area (Å²) in [5.41, 5.74) is 9.33. The first-order chi connectivity index (χ1) is 10.1. The van der Waals surface area contributed by atoms with Crippen LogP contribution in [0.1, 0.15) is 30.0 Å². The molecule has 21 heavy (non-hydrogen) atoms. The molecular formula is C18H20FNO. The molecule has 2 aromatic rings. The summed E-state index contributed by atoms with van der Waals surface area (Å²) in [4.78, 5) is 0. The molecule has 3 rings (SSSR count). The van der Waals surface area contributed by atoms with Crippen LogP contribution >= 0.6 is 0 Å². The Hall–Kier alpha value is -1.87. The Labute approximate surface area is 124 Å². The number of aryl methyl sites for hydroxylation is 2. The maximum Gasteiger partial charge on any atom is 0.165 e. The second-order valence-corrected chi connectivity index (χ2v) is 5.83. The first kappa shape index (κ1) is 14.1. The summed E-state index contributed by atoms with van der Waals surface area (Å²) in [6.45, 7) is 1.91. The highest BCUT2D eigenvalue weighted by Gasteiger charge is 2.13. The molecule has 2 nitrogen and oxygen atoms in total. The number of nitrogens with two attached hydrogens (primary N) is 1. The number of fused-ring (bicyclic) bond motifs is 1. The fourth-order valence-corrected chi connectivity index (χ4v) is 2.86. The first-order valence-electron chi connectivity index (χ1n) is 7.45. The number of halogens is 1. The largest absolute Gasteiger partial charge is 0.454 e. The minimum Gasteiger partial charge on any atom is -0.454 e. The lowest BCUT2D eigenvalue weighted by Crippen LogP contribution is -2.17. The summed E-state index contributed by atoms with van der Waals surface area (Å²) in [5.74, 6) is 0.629. The molecule has 0 heterocycles. The normalized spacial score (nSPS) is 14.8. The Morgan fingerprint density at radius 2 is 1.95 bits per heavy atom. The third kappa shape index (κ3) is 3.24. The summed E-state index contributed by atoms with van der Waals surface area (Å²) in [6, 6.07) is 11.1. The van der Waals surface area contributed by atoms with E-state index in [4.69, 9.17) is 10.5 Å². The zero-order chi connectivity index (χ0) is 14.8. The van der Waals surface area contributed by atoms with Crippen molar-refractivity contribution in [1.82, 2.24) is 0 Å². The Bertz CT molecular complexity index is 652. The minimum absolute atomic E-state index is 0.0212. The summed E-state index contributed by atoms with van der Waals surface area (Å²) in [5, 5.41) is 0. The van der Waals surface area contributed by atoms with Crippen molar-refractivity contribution in [3.8, 4) is 11.5 Å². The van der Waals surface area contributed by atoms with Crippen molar-refractivity contribution in [2.45, 2.75) is 38.6 Å². The van der Waals surface area contributed by atoms with E-state index in [0.717, 1.165) is 18.4 Å². The molecule has 0 fully saturated rings. The van der Waals surface area contributed by atoms with Gasteiger partial charge in [0.1, 0.15) is 5.75 Å². The molecule has 1 atom stereocenters. The van der Waals surface area contributed by atoms with Crippen molar-refractivity contribution in [1.29, 1.82) is 0 Å². The zero-order valence-corrected chi connectivity index (χ0v) is 12.2. The number of rotatable bonds is 4. The monoisotopic (exact) mass is 285 g/mol. The van der Waals surface area contributed by atoms with Crippen LogP contribution in [0.3, 0.4) is 0 Å². The van der Waals surface area contributed by atoms with Gasteiger partial charge < -0.3 is 10.5 Å². The first-order valence-corrected chi connectivity index (χ1v) is 7.45. The SMILES string of the molecule is CC(N)Cc1ccc(Oc2ccc3c(c2)CCC3)c(F)c1. The van der Waals surface area contributed by atoms with Gasteiger partial charge in [-0.2, -0.15) is 0 Å². The average molecular weight is 285 g/mol. The van der Waals surface area contributed by atoms with E-state index in [2.05, 4.69) is 6.07 Å². The molecule has 3 heteroatoms. The molecule has 1 aliphatic carbocycles. The number of ether oxygens (including phenoxy) is 1. The van der Waals surface area contributed by atoms with E-state index < -0.39 is 0 Å². The Kier molecular flexibility index (Phi) is 3.93. The fourth-order valence-electron chi connectivity index (χ4n) is 2.86. The summed E-state index contributed by atoms with van der Waals surface area (Å²) in [6.07, 6.45) is 4.08. The van der Waals surface area contributed by atoms with Crippen LogP contribution in [0.2, 0.25) is 0 Å². The van der Waals surface area contributed by atoms with E-state index in [9.17, 15) is 4.39 Å². The van der Waals surface area contributed by atoms with Crippen LogP contribution < -0.4 is 10.5 Å². The van der Waals surface area contributed by atoms with Crippen LogP contribution in [0.15, 0.2) is 36.4 Å². The van der Waals surface area contributed by atoms with Crippen molar-refractivity contribution in [2.75, 3.05) is 0 Å². The van der Waals surface area contributed by atoms with Gasteiger partial charge in [0.2, 0.25) is 0 Å². The predicted octanol–water partition coefficient (Wildman–Crippen LogP) is 4.00. The van der Waals surface area contributed by atoms with E-state index in [1.807, 2.05) is 25.1 Å². The molecule has 0 aromatic heterocycles. The standard InChI is InChI=1S/C18H20FNO/c1-12(20)9-13-5-8-18(17(19)10-13)21-16-7-6-14-3-2-4-15(14)11-16/h5-8,10-12H,2-4,9,20H2,1H3. The second-order valence-electron chi connectivity index (χ2n) is 5.83. The molecule has 0 spiro atoms. The van der Waals surface area contributed by atoms with Crippen LogP contribution in [0.25, 0.3) is 0 Å². The molecule has 0 saturated heterocycles. The lowest BCUT2D eigenvalue weighted by atomic mass is 10.1. The summed E-state index contributed by atoms with van der Waals surface area (Å²) in [7, 11) is 0. The molecule has 0 amide bonds. The number of hydrogen-bond donors (Lipinski definition) is 1. The summed E-state index contributed by atoms with van der Waals surface area (Å²) < 4.78 is 19.8. The lowest BCUT2D eigenvalue weighted by molar-refractivity contribution is 0.441. The molecular weight excluding hydrogens is 265 g/mol. The van der Waals surface area contributed by atoms with Crippen LogP contribution in [0.5, 0.6) is 11.5 Å². The van der Waals surface area contributed by atoms with Gasteiger partial charge in [0.25, 0.3) is 0 Å². The molecule has 0 radical (unpaired) electrons. The van der Waals surface area contributed by atoms with E-state index in [-0.39, 0.29) is 17.6 Å². The smallest absolute Gasteiger partial charge is 0.165 e.